The summed E-state index contributed by atoms with van der Waals surface area (Å²) >= 11 is 5.96. The van der Waals surface area contributed by atoms with Gasteiger partial charge in [-0.15, -0.1) is 0 Å². The van der Waals surface area contributed by atoms with Crippen molar-refractivity contribution < 1.29 is 17.9 Å². The number of benzene rings is 1. The molecule has 1 aromatic heterocycles. The molecule has 10 nitrogen and oxygen atoms in total. The summed E-state index contributed by atoms with van der Waals surface area (Å²) in [6, 6.07) is 7.48. The summed E-state index contributed by atoms with van der Waals surface area (Å²) in [7, 11) is -2.30. The number of carbonyl (C=O) groups is 1. The van der Waals surface area contributed by atoms with Crippen molar-refractivity contribution in [1.29, 1.82) is 0 Å². The summed E-state index contributed by atoms with van der Waals surface area (Å²) in [5.74, 6) is -0.435. The molecule has 0 saturated carbocycles. The number of aryl methyl sites for hydroxylation is 1. The van der Waals surface area contributed by atoms with Gasteiger partial charge in [0.15, 0.2) is 0 Å². The highest BCUT2D eigenvalue weighted by molar-refractivity contribution is 7.89. The van der Waals surface area contributed by atoms with Crippen LogP contribution in [0.25, 0.3) is 0 Å². The lowest BCUT2D eigenvalue weighted by Gasteiger charge is -2.35. The van der Waals surface area contributed by atoms with E-state index in [1.807, 2.05) is 24.3 Å². The Morgan fingerprint density at radius 2 is 1.76 bits per heavy atom. The molecule has 1 amide bonds. The van der Waals surface area contributed by atoms with E-state index < -0.39 is 15.9 Å². The lowest BCUT2D eigenvalue weighted by Crippen LogP contribution is -2.49. The summed E-state index contributed by atoms with van der Waals surface area (Å²) in [6.45, 7) is 5.81. The Labute approximate surface area is 199 Å². The van der Waals surface area contributed by atoms with Crippen LogP contribution in [0.2, 0.25) is 5.02 Å². The molecule has 4 rings (SSSR count). The number of rotatable bonds is 7. The molecule has 33 heavy (non-hydrogen) atoms. The van der Waals surface area contributed by atoms with Crippen molar-refractivity contribution in [1.82, 2.24) is 24.3 Å². The maximum atomic E-state index is 13.3. The minimum Gasteiger partial charge on any atom is -0.379 e. The van der Waals surface area contributed by atoms with Crippen LogP contribution in [-0.2, 0) is 21.8 Å². The average Bonchev–Trinajstić information content (AvgIpc) is 3.23. The van der Waals surface area contributed by atoms with E-state index in [0.717, 1.165) is 18.8 Å². The number of ether oxygens (including phenoxy) is 1. The summed E-state index contributed by atoms with van der Waals surface area (Å²) < 4.78 is 34.8. The van der Waals surface area contributed by atoms with Gasteiger partial charge in [-0.3, -0.25) is 14.4 Å². The molecular formula is C21H29ClN6O4S. The van der Waals surface area contributed by atoms with Crippen LogP contribution in [0.15, 0.2) is 35.5 Å². The second-order valence-corrected chi connectivity index (χ2v) is 10.4. The fourth-order valence-electron chi connectivity index (χ4n) is 4.02. The number of hydrogen-bond acceptors (Lipinski definition) is 7. The van der Waals surface area contributed by atoms with Crippen molar-refractivity contribution in [3.05, 3.63) is 41.0 Å². The number of aromatic nitrogens is 2. The lowest BCUT2D eigenvalue weighted by molar-refractivity contribution is 0.0383. The Hall–Kier alpha value is -2.18. The number of amides is 1. The van der Waals surface area contributed by atoms with Gasteiger partial charge in [0.1, 0.15) is 0 Å². The highest BCUT2D eigenvalue weighted by atomic mass is 35.5. The Bertz CT molecular complexity index is 1060. The summed E-state index contributed by atoms with van der Waals surface area (Å²) in [5, 5.41) is 7.42. The minimum absolute atomic E-state index is 0.0691. The van der Waals surface area contributed by atoms with E-state index in [9.17, 15) is 13.2 Å². The molecule has 2 aromatic rings. The molecule has 0 atom stereocenters. The third-order valence-corrected chi connectivity index (χ3v) is 7.96. The normalized spacial score (nSPS) is 18.4. The van der Waals surface area contributed by atoms with Crippen LogP contribution in [0.4, 0.5) is 5.69 Å². The maximum absolute atomic E-state index is 13.3. The van der Waals surface area contributed by atoms with Crippen molar-refractivity contribution in [2.75, 3.05) is 70.5 Å². The molecule has 3 heterocycles. The highest BCUT2D eigenvalue weighted by Gasteiger charge is 2.34. The SMILES string of the molecule is Cn1cc(C(=O)NCCN2CCOCC2)c(S(=O)(=O)N2CCN(c3ccc(Cl)cc3)CC2)n1. The van der Waals surface area contributed by atoms with Crippen molar-refractivity contribution in [3.8, 4) is 0 Å². The van der Waals surface area contributed by atoms with Gasteiger partial charge in [0.05, 0.1) is 18.8 Å². The van der Waals surface area contributed by atoms with Gasteiger partial charge in [-0.25, -0.2) is 8.42 Å². The predicted octanol–water partition coefficient (Wildman–Crippen LogP) is 0.646. The van der Waals surface area contributed by atoms with E-state index in [1.165, 1.54) is 15.2 Å². The molecule has 1 N–H and O–H groups in total. The number of hydrogen-bond donors (Lipinski definition) is 1. The Kier molecular flexibility index (Phi) is 7.55. The molecule has 1 aromatic carbocycles. The van der Waals surface area contributed by atoms with E-state index in [1.54, 1.807) is 7.05 Å². The number of piperazine rings is 1. The Balaban J connectivity index is 1.39. The first-order valence-electron chi connectivity index (χ1n) is 11.0. The average molecular weight is 497 g/mol. The molecule has 2 aliphatic heterocycles. The first kappa shape index (κ1) is 24.0. The Morgan fingerprint density at radius 1 is 1.09 bits per heavy atom. The quantitative estimate of drug-likeness (QED) is 0.600. The lowest BCUT2D eigenvalue weighted by atomic mass is 10.2. The summed E-state index contributed by atoms with van der Waals surface area (Å²) in [6.07, 6.45) is 1.46. The first-order valence-corrected chi connectivity index (χ1v) is 12.8. The van der Waals surface area contributed by atoms with Gasteiger partial charge >= 0.3 is 0 Å². The zero-order valence-corrected chi connectivity index (χ0v) is 20.2. The molecule has 12 heteroatoms. The molecular weight excluding hydrogens is 468 g/mol. The number of halogens is 1. The number of sulfonamides is 1. The smallest absolute Gasteiger partial charge is 0.263 e. The highest BCUT2D eigenvalue weighted by Crippen LogP contribution is 2.23. The molecule has 0 bridgehead atoms. The van der Waals surface area contributed by atoms with Crippen LogP contribution >= 0.6 is 11.6 Å². The number of morpholine rings is 1. The van der Waals surface area contributed by atoms with Gasteiger partial charge in [0, 0.05) is 76.3 Å². The topological polar surface area (TPSA) is 100 Å². The van der Waals surface area contributed by atoms with E-state index in [0.29, 0.717) is 57.5 Å². The fraction of sp³-hybridized carbons (Fsp3) is 0.524. The van der Waals surface area contributed by atoms with Crippen LogP contribution in [0.5, 0.6) is 0 Å². The van der Waals surface area contributed by atoms with Gasteiger partial charge < -0.3 is 15.0 Å². The largest absolute Gasteiger partial charge is 0.379 e. The molecule has 0 aliphatic carbocycles. The van der Waals surface area contributed by atoms with E-state index in [2.05, 4.69) is 20.2 Å². The van der Waals surface area contributed by atoms with Gasteiger partial charge in [0.25, 0.3) is 15.9 Å². The van der Waals surface area contributed by atoms with Crippen LogP contribution in [0.3, 0.4) is 0 Å². The van der Waals surface area contributed by atoms with Gasteiger partial charge in [-0.2, -0.15) is 9.40 Å². The zero-order chi connectivity index (χ0) is 23.4. The third kappa shape index (κ3) is 5.67. The molecule has 2 fully saturated rings. The predicted molar refractivity (Wildman–Crippen MR) is 125 cm³/mol. The van der Waals surface area contributed by atoms with Crippen molar-refractivity contribution >= 4 is 33.2 Å². The number of carbonyl (C=O) groups excluding carboxylic acids is 1. The fourth-order valence-corrected chi connectivity index (χ4v) is 5.69. The molecule has 0 unspecified atom stereocenters. The summed E-state index contributed by atoms with van der Waals surface area (Å²) in [4.78, 5) is 17.1. The van der Waals surface area contributed by atoms with Crippen molar-refractivity contribution in [3.63, 3.8) is 0 Å². The van der Waals surface area contributed by atoms with Crippen LogP contribution in [0.1, 0.15) is 10.4 Å². The van der Waals surface area contributed by atoms with Crippen LogP contribution in [0, 0.1) is 0 Å². The number of anilines is 1. The maximum Gasteiger partial charge on any atom is 0.263 e. The summed E-state index contributed by atoms with van der Waals surface area (Å²) in [5.41, 5.74) is 1.06. The van der Waals surface area contributed by atoms with E-state index in [4.69, 9.17) is 16.3 Å². The standard InChI is InChI=1S/C21H29ClN6O4S/c1-25-16-19(20(29)23-6-7-26-12-14-32-15-13-26)21(24-25)33(30,31)28-10-8-27(9-11-28)18-4-2-17(22)3-5-18/h2-5,16H,6-15H2,1H3,(H,23,29). The second kappa shape index (κ2) is 10.4. The second-order valence-electron chi connectivity index (χ2n) is 8.10. The Morgan fingerprint density at radius 3 is 2.42 bits per heavy atom. The molecule has 2 aliphatic rings. The van der Waals surface area contributed by atoms with Gasteiger partial charge in [-0.1, -0.05) is 11.6 Å². The van der Waals surface area contributed by atoms with Crippen LogP contribution < -0.4 is 10.2 Å². The van der Waals surface area contributed by atoms with Gasteiger partial charge in [-0.05, 0) is 24.3 Å². The monoisotopic (exact) mass is 496 g/mol. The molecule has 180 valence electrons. The first-order chi connectivity index (χ1) is 15.8. The van der Waals surface area contributed by atoms with Crippen LogP contribution in [-0.4, -0.2) is 98.9 Å². The van der Waals surface area contributed by atoms with Gasteiger partial charge in [0.2, 0.25) is 5.03 Å². The number of nitrogens with one attached hydrogen (secondary N) is 1. The number of nitrogens with zero attached hydrogens (tertiary/aromatic N) is 5. The zero-order valence-electron chi connectivity index (χ0n) is 18.6. The van der Waals surface area contributed by atoms with E-state index >= 15 is 0 Å². The minimum atomic E-state index is -3.91. The third-order valence-electron chi connectivity index (χ3n) is 5.87. The molecule has 2 saturated heterocycles. The van der Waals surface area contributed by atoms with Crippen molar-refractivity contribution in [2.45, 2.75) is 5.03 Å². The van der Waals surface area contributed by atoms with E-state index in [-0.39, 0.29) is 10.6 Å². The van der Waals surface area contributed by atoms with Crippen molar-refractivity contribution in [2.24, 2.45) is 7.05 Å². The molecule has 0 spiro atoms. The molecule has 0 radical (unpaired) electrons.